The zero-order valence-electron chi connectivity index (χ0n) is 7.05. The van der Waals surface area contributed by atoms with E-state index in [-0.39, 0.29) is 11.7 Å². The summed E-state index contributed by atoms with van der Waals surface area (Å²) in [5.41, 5.74) is 0. The maximum Gasteiger partial charge on any atom is 0.175 e. The smallest absolute Gasteiger partial charge is 0.175 e. The second kappa shape index (κ2) is 3.18. The van der Waals surface area contributed by atoms with Gasteiger partial charge in [-0.1, -0.05) is 13.8 Å². The van der Waals surface area contributed by atoms with Gasteiger partial charge in [-0.15, -0.1) is 11.3 Å². The van der Waals surface area contributed by atoms with Crippen LogP contribution < -0.4 is 0 Å². The van der Waals surface area contributed by atoms with Gasteiger partial charge in [0.25, 0.3) is 0 Å². The molecule has 1 rings (SSSR count). The van der Waals surface area contributed by atoms with Crippen LogP contribution in [-0.2, 0) is 0 Å². The topological polar surface area (TPSA) is 17.1 Å². The van der Waals surface area contributed by atoms with E-state index in [0.717, 1.165) is 4.88 Å². The summed E-state index contributed by atoms with van der Waals surface area (Å²) < 4.78 is 0. The minimum atomic E-state index is 0.119. The number of ketones is 1. The molecular formula is C9H12OS. The average molecular weight is 168 g/mol. The van der Waals surface area contributed by atoms with Crippen LogP contribution in [0, 0.1) is 12.8 Å². The Morgan fingerprint density at radius 3 is 2.45 bits per heavy atom. The molecule has 1 nitrogen and oxygen atoms in total. The predicted molar refractivity (Wildman–Crippen MR) is 48.2 cm³/mol. The Morgan fingerprint density at radius 1 is 1.45 bits per heavy atom. The van der Waals surface area contributed by atoms with Gasteiger partial charge >= 0.3 is 0 Å². The maximum atomic E-state index is 11.4. The SMILES string of the molecule is Cc1ccc(C(=O)C(C)C)s1. The highest BCUT2D eigenvalue weighted by molar-refractivity contribution is 7.14. The van der Waals surface area contributed by atoms with E-state index in [1.807, 2.05) is 32.9 Å². The molecule has 1 aromatic heterocycles. The van der Waals surface area contributed by atoms with Gasteiger partial charge in [0.1, 0.15) is 0 Å². The summed E-state index contributed by atoms with van der Waals surface area (Å²) >= 11 is 1.57. The fourth-order valence-corrected chi connectivity index (χ4v) is 1.81. The van der Waals surface area contributed by atoms with E-state index in [1.54, 1.807) is 11.3 Å². The van der Waals surface area contributed by atoms with Crippen LogP contribution in [0.3, 0.4) is 0 Å². The Labute approximate surface area is 71.1 Å². The summed E-state index contributed by atoms with van der Waals surface area (Å²) in [4.78, 5) is 13.5. The average Bonchev–Trinajstić information content (AvgIpc) is 2.34. The van der Waals surface area contributed by atoms with Crippen molar-refractivity contribution in [3.8, 4) is 0 Å². The van der Waals surface area contributed by atoms with Gasteiger partial charge in [0, 0.05) is 10.8 Å². The Morgan fingerprint density at radius 2 is 2.09 bits per heavy atom. The van der Waals surface area contributed by atoms with E-state index in [1.165, 1.54) is 4.88 Å². The van der Waals surface area contributed by atoms with Crippen molar-refractivity contribution in [1.82, 2.24) is 0 Å². The van der Waals surface area contributed by atoms with E-state index in [9.17, 15) is 4.79 Å². The molecule has 0 amide bonds. The lowest BCUT2D eigenvalue weighted by Gasteiger charge is -1.98. The summed E-state index contributed by atoms with van der Waals surface area (Å²) in [6.45, 7) is 5.87. The van der Waals surface area contributed by atoms with Gasteiger partial charge in [0.05, 0.1) is 4.88 Å². The quantitative estimate of drug-likeness (QED) is 0.620. The molecule has 2 heteroatoms. The van der Waals surface area contributed by atoms with Crippen molar-refractivity contribution < 1.29 is 4.79 Å². The largest absolute Gasteiger partial charge is 0.293 e. The molecular weight excluding hydrogens is 156 g/mol. The molecule has 0 aliphatic carbocycles. The third-order valence-electron chi connectivity index (χ3n) is 1.51. The molecule has 1 heterocycles. The van der Waals surface area contributed by atoms with Crippen molar-refractivity contribution >= 4 is 17.1 Å². The molecule has 0 spiro atoms. The Hall–Kier alpha value is -0.630. The fourth-order valence-electron chi connectivity index (χ4n) is 0.851. The number of rotatable bonds is 2. The number of hydrogen-bond donors (Lipinski definition) is 0. The molecule has 0 unspecified atom stereocenters. The van der Waals surface area contributed by atoms with Crippen molar-refractivity contribution in [2.75, 3.05) is 0 Å². The van der Waals surface area contributed by atoms with Crippen LogP contribution in [0.4, 0.5) is 0 Å². The highest BCUT2D eigenvalue weighted by Gasteiger charge is 2.11. The standard InChI is InChI=1S/C9H12OS/c1-6(2)9(10)8-5-4-7(3)11-8/h4-6H,1-3H3. The second-order valence-electron chi connectivity index (χ2n) is 2.93. The first-order valence-electron chi connectivity index (χ1n) is 3.72. The zero-order chi connectivity index (χ0) is 8.43. The van der Waals surface area contributed by atoms with Gasteiger partial charge in [-0.3, -0.25) is 4.79 Å². The van der Waals surface area contributed by atoms with Crippen LogP contribution >= 0.6 is 11.3 Å². The molecule has 0 atom stereocenters. The maximum absolute atomic E-state index is 11.4. The van der Waals surface area contributed by atoms with E-state index in [2.05, 4.69) is 0 Å². The third-order valence-corrected chi connectivity index (χ3v) is 2.52. The van der Waals surface area contributed by atoms with Crippen LogP contribution in [0.2, 0.25) is 0 Å². The first-order valence-corrected chi connectivity index (χ1v) is 4.53. The molecule has 0 aliphatic heterocycles. The van der Waals surface area contributed by atoms with Gasteiger partial charge in [-0.25, -0.2) is 0 Å². The number of Topliss-reactive ketones (excluding diaryl/α,β-unsaturated/α-hetero) is 1. The number of carbonyl (C=O) groups excluding carboxylic acids is 1. The highest BCUT2D eigenvalue weighted by Crippen LogP contribution is 2.18. The van der Waals surface area contributed by atoms with Crippen molar-refractivity contribution in [1.29, 1.82) is 0 Å². The summed E-state index contributed by atoms with van der Waals surface area (Å²) in [5, 5.41) is 0. The lowest BCUT2D eigenvalue weighted by molar-refractivity contribution is 0.0943. The van der Waals surface area contributed by atoms with Crippen LogP contribution in [0.1, 0.15) is 28.4 Å². The van der Waals surface area contributed by atoms with Crippen LogP contribution in [0.15, 0.2) is 12.1 Å². The summed E-state index contributed by atoms with van der Waals surface area (Å²) in [5.74, 6) is 0.371. The summed E-state index contributed by atoms with van der Waals surface area (Å²) in [6, 6.07) is 3.89. The molecule has 0 bridgehead atoms. The van der Waals surface area contributed by atoms with Crippen molar-refractivity contribution in [3.05, 3.63) is 21.9 Å². The molecule has 0 saturated carbocycles. The summed E-state index contributed by atoms with van der Waals surface area (Å²) in [6.07, 6.45) is 0. The molecule has 0 N–H and O–H groups in total. The number of carbonyl (C=O) groups is 1. The van der Waals surface area contributed by atoms with E-state index < -0.39 is 0 Å². The number of thiophene rings is 1. The lowest BCUT2D eigenvalue weighted by Crippen LogP contribution is -2.04. The third kappa shape index (κ3) is 1.90. The van der Waals surface area contributed by atoms with E-state index >= 15 is 0 Å². The van der Waals surface area contributed by atoms with Crippen LogP contribution in [0.5, 0.6) is 0 Å². The second-order valence-corrected chi connectivity index (χ2v) is 4.22. The Bertz CT molecular complexity index is 260. The van der Waals surface area contributed by atoms with Crippen molar-refractivity contribution in [2.45, 2.75) is 20.8 Å². The van der Waals surface area contributed by atoms with E-state index in [0.29, 0.717) is 0 Å². The highest BCUT2D eigenvalue weighted by atomic mass is 32.1. The minimum absolute atomic E-state index is 0.119. The molecule has 1 aromatic rings. The van der Waals surface area contributed by atoms with Gasteiger partial charge < -0.3 is 0 Å². The Balaban J connectivity index is 2.85. The van der Waals surface area contributed by atoms with E-state index in [4.69, 9.17) is 0 Å². The molecule has 11 heavy (non-hydrogen) atoms. The molecule has 0 aliphatic rings. The normalized spacial score (nSPS) is 10.5. The monoisotopic (exact) mass is 168 g/mol. The first kappa shape index (κ1) is 8.47. The Kier molecular flexibility index (Phi) is 2.45. The van der Waals surface area contributed by atoms with Gasteiger partial charge in [0.15, 0.2) is 5.78 Å². The van der Waals surface area contributed by atoms with Crippen molar-refractivity contribution in [3.63, 3.8) is 0 Å². The molecule has 0 radical (unpaired) electrons. The van der Waals surface area contributed by atoms with Crippen LogP contribution in [0.25, 0.3) is 0 Å². The number of aryl methyl sites for hydroxylation is 1. The van der Waals surface area contributed by atoms with Crippen LogP contribution in [-0.4, -0.2) is 5.78 Å². The molecule has 0 fully saturated rings. The van der Waals surface area contributed by atoms with Gasteiger partial charge in [-0.2, -0.15) is 0 Å². The number of hydrogen-bond acceptors (Lipinski definition) is 2. The molecule has 0 saturated heterocycles. The fraction of sp³-hybridized carbons (Fsp3) is 0.444. The van der Waals surface area contributed by atoms with Gasteiger partial charge in [0.2, 0.25) is 0 Å². The zero-order valence-corrected chi connectivity index (χ0v) is 7.87. The summed E-state index contributed by atoms with van der Waals surface area (Å²) in [7, 11) is 0. The molecule has 0 aromatic carbocycles. The first-order chi connectivity index (χ1) is 5.11. The van der Waals surface area contributed by atoms with Crippen molar-refractivity contribution in [2.24, 2.45) is 5.92 Å². The lowest BCUT2D eigenvalue weighted by atomic mass is 10.1. The minimum Gasteiger partial charge on any atom is -0.293 e. The molecule has 60 valence electrons. The van der Waals surface area contributed by atoms with Gasteiger partial charge in [-0.05, 0) is 19.1 Å². The predicted octanol–water partition coefficient (Wildman–Crippen LogP) is 2.90.